The molecule has 0 aromatic heterocycles. The Labute approximate surface area is 195 Å². The first kappa shape index (κ1) is 26.8. The van der Waals surface area contributed by atoms with Gasteiger partial charge in [-0.1, -0.05) is 46.7 Å². The highest BCUT2D eigenvalue weighted by molar-refractivity contribution is 6.07. The van der Waals surface area contributed by atoms with Gasteiger partial charge in [0.25, 0.3) is 0 Å². The number of carbonyl (C=O) groups is 1. The van der Waals surface area contributed by atoms with E-state index in [0.29, 0.717) is 16.8 Å². The van der Waals surface area contributed by atoms with Crippen molar-refractivity contribution in [2.75, 3.05) is 21.3 Å². The molecule has 0 fully saturated rings. The number of benzene rings is 2. The molecule has 1 unspecified atom stereocenters. The van der Waals surface area contributed by atoms with E-state index < -0.39 is 17.9 Å². The lowest BCUT2D eigenvalue weighted by molar-refractivity contribution is -0.126. The van der Waals surface area contributed by atoms with Gasteiger partial charge in [0.15, 0.2) is 5.71 Å². The summed E-state index contributed by atoms with van der Waals surface area (Å²) < 4.78 is 39.9. The Morgan fingerprint density at radius 1 is 1.09 bits per heavy atom. The van der Waals surface area contributed by atoms with Crippen LogP contribution in [-0.2, 0) is 25.9 Å². The molecule has 0 bridgehead atoms. The van der Waals surface area contributed by atoms with Gasteiger partial charge in [-0.15, -0.1) is 0 Å². The number of hydrogen-bond acceptors (Lipinski definition) is 7. The van der Waals surface area contributed by atoms with E-state index in [9.17, 15) is 18.0 Å². The number of hydroxylamine groups is 1. The van der Waals surface area contributed by atoms with Gasteiger partial charge in [-0.05, 0) is 36.6 Å². The lowest BCUT2D eigenvalue weighted by atomic mass is 9.96. The molecular weight excluding hydrogens is 453 g/mol. The highest BCUT2D eigenvalue weighted by Crippen LogP contribution is 2.25. The Kier molecular flexibility index (Phi) is 9.58. The van der Waals surface area contributed by atoms with E-state index >= 15 is 0 Å². The molecule has 184 valence electrons. The van der Waals surface area contributed by atoms with Crippen molar-refractivity contribution in [2.24, 2.45) is 10.3 Å². The van der Waals surface area contributed by atoms with Crippen LogP contribution in [0.4, 0.5) is 13.2 Å². The number of nitrogens with one attached hydrogen (secondary N) is 2. The summed E-state index contributed by atoms with van der Waals surface area (Å²) in [5.41, 5.74) is 4.35. The first-order valence-corrected chi connectivity index (χ1v) is 10.2. The Morgan fingerprint density at radius 3 is 2.38 bits per heavy atom. The Hall–Kier alpha value is -3.44. The molecule has 1 amide bonds. The second kappa shape index (κ2) is 12.1. The van der Waals surface area contributed by atoms with Gasteiger partial charge in [0.1, 0.15) is 19.8 Å². The Bertz CT molecular complexity index is 1050. The summed E-state index contributed by atoms with van der Waals surface area (Å²) >= 11 is 0. The van der Waals surface area contributed by atoms with Crippen molar-refractivity contribution in [3.05, 3.63) is 70.3 Å². The standard InChI is InChI=1S/C23H27F3N4O4/c1-14-8-6-11-18(20(29-32-4)22(31)27-3)19(14)13-34-28-15(2)16-9-7-10-17(12-16)21(30-33-5)23(24,25)26/h6-12,20,29H,13H2,1-5H3,(H,27,31)/b28-15+,30-21-. The molecule has 0 aliphatic heterocycles. The largest absolute Gasteiger partial charge is 0.437 e. The number of hydrogen-bond donors (Lipinski definition) is 2. The third-order valence-corrected chi connectivity index (χ3v) is 4.92. The third-order valence-electron chi connectivity index (χ3n) is 4.92. The molecule has 11 heteroatoms. The van der Waals surface area contributed by atoms with Gasteiger partial charge in [-0.25, -0.2) is 0 Å². The zero-order chi connectivity index (χ0) is 25.3. The van der Waals surface area contributed by atoms with Crippen LogP contribution in [0.25, 0.3) is 0 Å². The molecule has 2 rings (SSSR count). The maximum Gasteiger partial charge on any atom is 0.437 e. The topological polar surface area (TPSA) is 93.5 Å². The number of nitrogens with zero attached hydrogens (tertiary/aromatic N) is 2. The van der Waals surface area contributed by atoms with Crippen LogP contribution < -0.4 is 10.8 Å². The van der Waals surface area contributed by atoms with Crippen molar-refractivity contribution in [1.82, 2.24) is 10.8 Å². The monoisotopic (exact) mass is 480 g/mol. The molecule has 0 aliphatic rings. The number of oxime groups is 2. The Morgan fingerprint density at radius 2 is 1.76 bits per heavy atom. The van der Waals surface area contributed by atoms with E-state index in [4.69, 9.17) is 9.68 Å². The zero-order valence-corrected chi connectivity index (χ0v) is 19.5. The van der Waals surface area contributed by atoms with Crippen molar-refractivity contribution < 1.29 is 32.5 Å². The van der Waals surface area contributed by atoms with Crippen LogP contribution in [0.15, 0.2) is 52.8 Å². The summed E-state index contributed by atoms with van der Waals surface area (Å²) in [4.78, 5) is 27.2. The van der Waals surface area contributed by atoms with Crippen LogP contribution in [0.1, 0.15) is 40.8 Å². The predicted octanol–water partition coefficient (Wildman–Crippen LogP) is 3.79. The lowest BCUT2D eigenvalue weighted by Crippen LogP contribution is -2.36. The number of aryl methyl sites for hydroxylation is 1. The molecule has 1 atom stereocenters. The van der Waals surface area contributed by atoms with Gasteiger partial charge in [0.2, 0.25) is 5.91 Å². The van der Waals surface area contributed by atoms with Gasteiger partial charge >= 0.3 is 6.18 Å². The minimum absolute atomic E-state index is 0.0247. The van der Waals surface area contributed by atoms with Crippen molar-refractivity contribution in [1.29, 1.82) is 0 Å². The summed E-state index contributed by atoms with van der Waals surface area (Å²) in [6, 6.07) is 10.3. The summed E-state index contributed by atoms with van der Waals surface area (Å²) in [7, 11) is 3.97. The van der Waals surface area contributed by atoms with Crippen LogP contribution >= 0.6 is 0 Å². The van der Waals surface area contributed by atoms with Crippen molar-refractivity contribution in [3.63, 3.8) is 0 Å². The highest BCUT2D eigenvalue weighted by atomic mass is 19.4. The van der Waals surface area contributed by atoms with Crippen molar-refractivity contribution in [2.45, 2.75) is 32.7 Å². The van der Waals surface area contributed by atoms with E-state index in [1.165, 1.54) is 32.4 Å². The van der Waals surface area contributed by atoms with Crippen LogP contribution in [0, 0.1) is 6.92 Å². The number of carbonyl (C=O) groups excluding carboxylic acids is 1. The van der Waals surface area contributed by atoms with E-state index in [1.54, 1.807) is 25.1 Å². The average Bonchev–Trinajstić information content (AvgIpc) is 2.80. The van der Waals surface area contributed by atoms with Crippen LogP contribution in [0.3, 0.4) is 0 Å². The molecule has 34 heavy (non-hydrogen) atoms. The second-order valence-electron chi connectivity index (χ2n) is 7.16. The fraction of sp³-hybridized carbons (Fsp3) is 0.348. The highest BCUT2D eigenvalue weighted by Gasteiger charge is 2.38. The molecular formula is C23H27F3N4O4. The van der Waals surface area contributed by atoms with Crippen LogP contribution in [-0.4, -0.2) is 44.8 Å². The van der Waals surface area contributed by atoms with Gasteiger partial charge in [-0.2, -0.15) is 18.7 Å². The molecule has 0 saturated heterocycles. The lowest BCUT2D eigenvalue weighted by Gasteiger charge is -2.20. The number of rotatable bonds is 10. The maximum atomic E-state index is 13.3. The molecule has 0 heterocycles. The number of halogens is 3. The van der Waals surface area contributed by atoms with Crippen molar-refractivity contribution >= 4 is 17.3 Å². The Balaban J connectivity index is 2.29. The van der Waals surface area contributed by atoms with E-state index in [1.807, 2.05) is 13.0 Å². The molecule has 2 aromatic carbocycles. The molecule has 2 N–H and O–H groups in total. The van der Waals surface area contributed by atoms with Gasteiger partial charge < -0.3 is 19.8 Å². The van der Waals surface area contributed by atoms with Gasteiger partial charge in [-0.3, -0.25) is 4.79 Å². The molecule has 2 aromatic rings. The van der Waals surface area contributed by atoms with Gasteiger partial charge in [0.05, 0.1) is 12.8 Å². The number of likely N-dealkylation sites (N-methyl/N-ethyl adjacent to an activating group) is 1. The quantitative estimate of drug-likeness (QED) is 0.399. The molecule has 0 spiro atoms. The SMILES string of the molecule is CNC(=O)C(NOC)c1cccc(C)c1CO/N=C(\C)c1cccc(/C(=N/OC)C(F)(F)F)c1. The number of alkyl halides is 3. The fourth-order valence-electron chi connectivity index (χ4n) is 3.21. The van der Waals surface area contributed by atoms with E-state index in [-0.39, 0.29) is 18.1 Å². The summed E-state index contributed by atoms with van der Waals surface area (Å²) in [6.45, 7) is 3.50. The summed E-state index contributed by atoms with van der Waals surface area (Å²) in [6.07, 6.45) is -4.69. The van der Waals surface area contributed by atoms with Crippen LogP contribution in [0.2, 0.25) is 0 Å². The van der Waals surface area contributed by atoms with Gasteiger partial charge in [0, 0.05) is 18.2 Å². The minimum Gasteiger partial charge on any atom is -0.399 e. The minimum atomic E-state index is -4.69. The maximum absolute atomic E-state index is 13.3. The molecule has 0 radical (unpaired) electrons. The summed E-state index contributed by atoms with van der Waals surface area (Å²) in [5.74, 6) is -0.302. The van der Waals surface area contributed by atoms with E-state index in [0.717, 1.165) is 18.2 Å². The second-order valence-corrected chi connectivity index (χ2v) is 7.16. The third kappa shape index (κ3) is 6.78. The summed E-state index contributed by atoms with van der Waals surface area (Å²) in [5, 5.41) is 9.75. The zero-order valence-electron chi connectivity index (χ0n) is 19.5. The normalized spacial score (nSPS) is 13.4. The molecule has 0 saturated carbocycles. The van der Waals surface area contributed by atoms with E-state index in [2.05, 4.69) is 25.9 Å². The average molecular weight is 480 g/mol. The predicted molar refractivity (Wildman–Crippen MR) is 121 cm³/mol. The first-order valence-electron chi connectivity index (χ1n) is 10.2. The smallest absolute Gasteiger partial charge is 0.399 e. The fourth-order valence-corrected chi connectivity index (χ4v) is 3.21. The molecule has 8 nitrogen and oxygen atoms in total. The first-order chi connectivity index (χ1) is 16.1. The molecule has 0 aliphatic carbocycles. The number of amides is 1. The van der Waals surface area contributed by atoms with Crippen LogP contribution in [0.5, 0.6) is 0 Å². The van der Waals surface area contributed by atoms with Crippen molar-refractivity contribution in [3.8, 4) is 0 Å².